The van der Waals surface area contributed by atoms with Crippen LogP contribution < -0.4 is 11.1 Å². The fourth-order valence-corrected chi connectivity index (χ4v) is 2.02. The van der Waals surface area contributed by atoms with Gasteiger partial charge < -0.3 is 16.0 Å². The molecule has 0 radical (unpaired) electrons. The van der Waals surface area contributed by atoms with E-state index in [1.807, 2.05) is 13.8 Å². The van der Waals surface area contributed by atoms with Crippen molar-refractivity contribution in [1.82, 2.24) is 10.2 Å². The summed E-state index contributed by atoms with van der Waals surface area (Å²) < 4.78 is 0. The maximum absolute atomic E-state index is 11.8. The molecule has 1 amide bonds. The molecule has 1 aliphatic heterocycles. The van der Waals surface area contributed by atoms with Crippen LogP contribution in [-0.4, -0.2) is 42.5 Å². The van der Waals surface area contributed by atoms with Crippen molar-refractivity contribution in [2.45, 2.75) is 51.7 Å². The lowest BCUT2D eigenvalue weighted by Crippen LogP contribution is -2.52. The Labute approximate surface area is 98.6 Å². The molecule has 0 aromatic heterocycles. The third-order valence-corrected chi connectivity index (χ3v) is 3.58. The Kier molecular flexibility index (Phi) is 4.74. The van der Waals surface area contributed by atoms with Crippen molar-refractivity contribution in [3.63, 3.8) is 0 Å². The zero-order valence-corrected chi connectivity index (χ0v) is 10.9. The summed E-state index contributed by atoms with van der Waals surface area (Å²) in [6.45, 7) is 7.19. The van der Waals surface area contributed by atoms with Crippen LogP contribution in [0.2, 0.25) is 0 Å². The van der Waals surface area contributed by atoms with Gasteiger partial charge in [0, 0.05) is 18.6 Å². The number of nitrogens with one attached hydrogen (secondary N) is 1. The normalized spacial score (nSPS) is 29.1. The van der Waals surface area contributed by atoms with Crippen LogP contribution in [-0.2, 0) is 4.79 Å². The molecule has 3 N–H and O–H groups in total. The monoisotopic (exact) mass is 227 g/mol. The van der Waals surface area contributed by atoms with Crippen molar-refractivity contribution in [1.29, 1.82) is 0 Å². The second-order valence-corrected chi connectivity index (χ2v) is 5.33. The molecule has 3 atom stereocenters. The summed E-state index contributed by atoms with van der Waals surface area (Å²) in [6.07, 6.45) is 2.05. The molecule has 0 saturated carbocycles. The first-order valence-electron chi connectivity index (χ1n) is 6.18. The second-order valence-electron chi connectivity index (χ2n) is 5.33. The third-order valence-electron chi connectivity index (χ3n) is 3.58. The molecular weight excluding hydrogens is 202 g/mol. The third kappa shape index (κ3) is 3.46. The number of rotatable bonds is 3. The molecule has 0 aromatic rings. The first-order valence-corrected chi connectivity index (χ1v) is 6.18. The summed E-state index contributed by atoms with van der Waals surface area (Å²) in [4.78, 5) is 14.1. The number of hydrogen-bond acceptors (Lipinski definition) is 3. The zero-order valence-electron chi connectivity index (χ0n) is 10.9. The summed E-state index contributed by atoms with van der Waals surface area (Å²) in [6, 6.07) is 0.452. The van der Waals surface area contributed by atoms with Crippen molar-refractivity contribution < 1.29 is 4.79 Å². The van der Waals surface area contributed by atoms with Crippen LogP contribution in [0.3, 0.4) is 0 Å². The van der Waals surface area contributed by atoms with Gasteiger partial charge in [0.2, 0.25) is 5.91 Å². The molecule has 1 fully saturated rings. The van der Waals surface area contributed by atoms with E-state index < -0.39 is 0 Å². The maximum Gasteiger partial charge on any atom is 0.237 e. The van der Waals surface area contributed by atoms with Gasteiger partial charge in [0.15, 0.2) is 0 Å². The summed E-state index contributed by atoms with van der Waals surface area (Å²) in [5.41, 5.74) is 5.82. The van der Waals surface area contributed by atoms with E-state index in [4.69, 9.17) is 5.73 Å². The smallest absolute Gasteiger partial charge is 0.237 e. The van der Waals surface area contributed by atoms with Gasteiger partial charge in [0.25, 0.3) is 0 Å². The van der Waals surface area contributed by atoms with Crippen molar-refractivity contribution >= 4 is 5.91 Å². The van der Waals surface area contributed by atoms with Gasteiger partial charge in [-0.05, 0) is 32.7 Å². The Bertz CT molecular complexity index is 242. The lowest BCUT2D eigenvalue weighted by molar-refractivity contribution is -0.124. The number of nitrogens with zero attached hydrogens (tertiary/aromatic N) is 1. The quantitative estimate of drug-likeness (QED) is 0.741. The predicted molar refractivity (Wildman–Crippen MR) is 66.1 cm³/mol. The number of likely N-dealkylation sites (tertiary alicyclic amines) is 1. The van der Waals surface area contributed by atoms with Crippen molar-refractivity contribution in [2.24, 2.45) is 11.7 Å². The number of nitrogens with two attached hydrogens (primary N) is 1. The van der Waals surface area contributed by atoms with Gasteiger partial charge in [-0.15, -0.1) is 0 Å². The Morgan fingerprint density at radius 3 is 2.62 bits per heavy atom. The lowest BCUT2D eigenvalue weighted by Gasteiger charge is -2.35. The van der Waals surface area contributed by atoms with Gasteiger partial charge in [0.1, 0.15) is 0 Å². The minimum atomic E-state index is -0.380. The van der Waals surface area contributed by atoms with Crippen LogP contribution in [0.4, 0.5) is 0 Å². The van der Waals surface area contributed by atoms with E-state index in [1.165, 1.54) is 0 Å². The van der Waals surface area contributed by atoms with E-state index in [0.29, 0.717) is 12.1 Å². The Balaban J connectivity index is 2.40. The van der Waals surface area contributed by atoms with Crippen LogP contribution in [0, 0.1) is 5.92 Å². The number of carbonyl (C=O) groups is 1. The van der Waals surface area contributed by atoms with Gasteiger partial charge >= 0.3 is 0 Å². The van der Waals surface area contributed by atoms with Gasteiger partial charge in [-0.25, -0.2) is 0 Å². The highest BCUT2D eigenvalue weighted by molar-refractivity contribution is 5.82. The summed E-state index contributed by atoms with van der Waals surface area (Å²) in [5.74, 6) is 0.195. The van der Waals surface area contributed by atoms with Gasteiger partial charge in [-0.3, -0.25) is 4.79 Å². The molecule has 1 heterocycles. The van der Waals surface area contributed by atoms with Crippen molar-refractivity contribution in [3.8, 4) is 0 Å². The molecule has 0 spiro atoms. The van der Waals surface area contributed by atoms with E-state index >= 15 is 0 Å². The minimum absolute atomic E-state index is 0.00301. The van der Waals surface area contributed by atoms with E-state index in [-0.39, 0.29) is 17.9 Å². The molecule has 4 nitrogen and oxygen atoms in total. The van der Waals surface area contributed by atoms with E-state index in [0.717, 1.165) is 19.4 Å². The van der Waals surface area contributed by atoms with Crippen LogP contribution in [0.15, 0.2) is 0 Å². The first kappa shape index (κ1) is 13.5. The average molecular weight is 227 g/mol. The Morgan fingerprint density at radius 1 is 1.50 bits per heavy atom. The van der Waals surface area contributed by atoms with E-state index in [1.54, 1.807) is 0 Å². The molecule has 0 bridgehead atoms. The van der Waals surface area contributed by atoms with Crippen molar-refractivity contribution in [3.05, 3.63) is 0 Å². The fraction of sp³-hybridized carbons (Fsp3) is 0.917. The molecule has 16 heavy (non-hydrogen) atoms. The van der Waals surface area contributed by atoms with Crippen LogP contribution in [0.1, 0.15) is 33.6 Å². The van der Waals surface area contributed by atoms with Crippen LogP contribution in [0.25, 0.3) is 0 Å². The highest BCUT2D eigenvalue weighted by Crippen LogP contribution is 2.15. The Morgan fingerprint density at radius 2 is 2.12 bits per heavy atom. The molecular formula is C12H25N3O. The standard InChI is InChI=1S/C12H25N3O/c1-8(2)11(13)12(16)14-10-5-6-15(4)9(3)7-10/h8-11H,5-7,13H2,1-4H3,(H,14,16)/t9?,10?,11-/m0/s1. The van der Waals surface area contributed by atoms with Crippen molar-refractivity contribution in [2.75, 3.05) is 13.6 Å². The van der Waals surface area contributed by atoms with Gasteiger partial charge in [-0.2, -0.15) is 0 Å². The molecule has 1 saturated heterocycles. The van der Waals surface area contributed by atoms with Crippen LogP contribution in [0.5, 0.6) is 0 Å². The number of hydrogen-bond donors (Lipinski definition) is 2. The SMILES string of the molecule is CC(C)[C@H](N)C(=O)NC1CCN(C)C(C)C1. The highest BCUT2D eigenvalue weighted by atomic mass is 16.2. The lowest BCUT2D eigenvalue weighted by atomic mass is 9.97. The van der Waals surface area contributed by atoms with E-state index in [9.17, 15) is 4.79 Å². The molecule has 1 rings (SSSR count). The molecule has 2 unspecified atom stereocenters. The summed E-state index contributed by atoms with van der Waals surface area (Å²) >= 11 is 0. The molecule has 0 aromatic carbocycles. The van der Waals surface area contributed by atoms with Gasteiger partial charge in [-0.1, -0.05) is 13.8 Å². The largest absolute Gasteiger partial charge is 0.352 e. The number of carbonyl (C=O) groups excluding carboxylic acids is 1. The molecule has 4 heteroatoms. The topological polar surface area (TPSA) is 58.4 Å². The molecule has 1 aliphatic rings. The van der Waals surface area contributed by atoms with Crippen LogP contribution >= 0.6 is 0 Å². The highest BCUT2D eigenvalue weighted by Gasteiger charge is 2.26. The average Bonchev–Trinajstić information content (AvgIpc) is 2.22. The summed E-state index contributed by atoms with van der Waals surface area (Å²) in [7, 11) is 2.13. The summed E-state index contributed by atoms with van der Waals surface area (Å²) in [5, 5.41) is 3.06. The molecule has 0 aliphatic carbocycles. The number of piperidine rings is 1. The predicted octanol–water partition coefficient (Wildman–Crippen LogP) is 0.569. The van der Waals surface area contributed by atoms with E-state index in [2.05, 4.69) is 24.2 Å². The number of amides is 1. The minimum Gasteiger partial charge on any atom is -0.352 e. The fourth-order valence-electron chi connectivity index (χ4n) is 2.02. The maximum atomic E-state index is 11.8. The first-order chi connectivity index (χ1) is 7.41. The molecule has 94 valence electrons. The van der Waals surface area contributed by atoms with Gasteiger partial charge in [0.05, 0.1) is 6.04 Å². The second kappa shape index (κ2) is 5.64. The Hall–Kier alpha value is -0.610. The zero-order chi connectivity index (χ0) is 12.3.